The van der Waals surface area contributed by atoms with Gasteiger partial charge in [-0.15, -0.1) is 0 Å². The van der Waals surface area contributed by atoms with Crippen LogP contribution in [0.5, 0.6) is 0 Å². The predicted molar refractivity (Wildman–Crippen MR) is 85.8 cm³/mol. The van der Waals surface area contributed by atoms with Crippen molar-refractivity contribution in [1.29, 1.82) is 0 Å². The van der Waals surface area contributed by atoms with E-state index >= 15 is 0 Å². The minimum Gasteiger partial charge on any atom is -0.339 e. The maximum Gasteiger partial charge on any atom is 0.435 e. The highest BCUT2D eigenvalue weighted by Gasteiger charge is 2.35. The van der Waals surface area contributed by atoms with Crippen LogP contribution in [0.2, 0.25) is 0 Å². The Kier molecular flexibility index (Phi) is 4.97. The first-order valence-electron chi connectivity index (χ1n) is 7.80. The van der Waals surface area contributed by atoms with E-state index in [1.807, 2.05) is 20.9 Å². The quantitative estimate of drug-likeness (QED) is 0.845. The van der Waals surface area contributed by atoms with Crippen LogP contribution in [0, 0.1) is 20.8 Å². The SMILES string of the molecule is Cc1nn(C)c(C)c1CN(C)C(=O)[C@H](C)n1nc(C(F)(F)F)cc1C. The fraction of sp³-hybridized carbons (Fsp3) is 0.562. The smallest absolute Gasteiger partial charge is 0.339 e. The van der Waals surface area contributed by atoms with Gasteiger partial charge in [-0.1, -0.05) is 0 Å². The Morgan fingerprint density at radius 3 is 2.32 bits per heavy atom. The van der Waals surface area contributed by atoms with Gasteiger partial charge in [-0.3, -0.25) is 14.2 Å². The summed E-state index contributed by atoms with van der Waals surface area (Å²) in [4.78, 5) is 14.1. The molecule has 0 saturated carbocycles. The van der Waals surface area contributed by atoms with Gasteiger partial charge in [0.2, 0.25) is 5.91 Å². The van der Waals surface area contributed by atoms with E-state index in [2.05, 4.69) is 10.2 Å². The van der Waals surface area contributed by atoms with Crippen molar-refractivity contribution in [1.82, 2.24) is 24.5 Å². The zero-order chi connectivity index (χ0) is 19.1. The van der Waals surface area contributed by atoms with E-state index < -0.39 is 17.9 Å². The Morgan fingerprint density at radius 2 is 1.88 bits per heavy atom. The highest BCUT2D eigenvalue weighted by atomic mass is 19.4. The molecule has 0 aromatic carbocycles. The van der Waals surface area contributed by atoms with Crippen molar-refractivity contribution in [2.75, 3.05) is 7.05 Å². The van der Waals surface area contributed by atoms with Crippen LogP contribution in [0.25, 0.3) is 0 Å². The van der Waals surface area contributed by atoms with Gasteiger partial charge in [-0.25, -0.2) is 0 Å². The van der Waals surface area contributed by atoms with Crippen LogP contribution in [-0.2, 0) is 24.6 Å². The Hall–Kier alpha value is -2.32. The molecule has 1 amide bonds. The Labute approximate surface area is 144 Å². The van der Waals surface area contributed by atoms with Gasteiger partial charge in [-0.05, 0) is 33.8 Å². The van der Waals surface area contributed by atoms with Crippen LogP contribution >= 0.6 is 0 Å². The molecule has 6 nitrogen and oxygen atoms in total. The van der Waals surface area contributed by atoms with Gasteiger partial charge < -0.3 is 4.90 Å². The number of carbonyl (C=O) groups excluding carboxylic acids is 1. The molecule has 2 aromatic rings. The van der Waals surface area contributed by atoms with Crippen LogP contribution in [0.3, 0.4) is 0 Å². The maximum absolute atomic E-state index is 12.8. The molecule has 0 aliphatic heterocycles. The molecule has 0 bridgehead atoms. The molecule has 0 aliphatic rings. The molecule has 0 radical (unpaired) electrons. The van der Waals surface area contributed by atoms with Crippen molar-refractivity contribution in [3.63, 3.8) is 0 Å². The van der Waals surface area contributed by atoms with Crippen molar-refractivity contribution in [2.24, 2.45) is 7.05 Å². The molecule has 25 heavy (non-hydrogen) atoms. The average molecular weight is 357 g/mol. The van der Waals surface area contributed by atoms with Gasteiger partial charge in [0.25, 0.3) is 0 Å². The summed E-state index contributed by atoms with van der Waals surface area (Å²) >= 11 is 0. The van der Waals surface area contributed by atoms with Gasteiger partial charge in [0, 0.05) is 37.6 Å². The number of aryl methyl sites for hydroxylation is 3. The molecule has 0 unspecified atom stereocenters. The van der Waals surface area contributed by atoms with Crippen molar-refractivity contribution in [3.05, 3.63) is 34.4 Å². The second-order valence-electron chi connectivity index (χ2n) is 6.26. The summed E-state index contributed by atoms with van der Waals surface area (Å²) in [7, 11) is 3.44. The summed E-state index contributed by atoms with van der Waals surface area (Å²) in [6.45, 7) is 7.15. The first-order chi connectivity index (χ1) is 11.4. The number of hydrogen-bond donors (Lipinski definition) is 0. The van der Waals surface area contributed by atoms with E-state index in [9.17, 15) is 18.0 Å². The lowest BCUT2D eigenvalue weighted by atomic mass is 10.1. The topological polar surface area (TPSA) is 56.0 Å². The lowest BCUT2D eigenvalue weighted by Crippen LogP contribution is -2.34. The largest absolute Gasteiger partial charge is 0.435 e. The molecule has 2 rings (SSSR count). The molecular formula is C16H22F3N5O. The molecule has 1 atom stereocenters. The fourth-order valence-electron chi connectivity index (χ4n) is 2.80. The van der Waals surface area contributed by atoms with Crippen molar-refractivity contribution in [2.45, 2.75) is 46.5 Å². The summed E-state index contributed by atoms with van der Waals surface area (Å²) in [5, 5.41) is 7.87. The number of likely N-dealkylation sites (N-methyl/N-ethyl adjacent to an activating group) is 1. The third-order valence-corrected chi connectivity index (χ3v) is 4.37. The zero-order valence-electron chi connectivity index (χ0n) is 15.1. The van der Waals surface area contributed by atoms with Crippen LogP contribution < -0.4 is 0 Å². The van der Waals surface area contributed by atoms with E-state index in [1.165, 1.54) is 11.8 Å². The zero-order valence-corrected chi connectivity index (χ0v) is 15.1. The Balaban J connectivity index is 2.21. The molecule has 9 heteroatoms. The lowest BCUT2D eigenvalue weighted by molar-refractivity contribution is -0.142. The normalized spacial score (nSPS) is 13.2. The summed E-state index contributed by atoms with van der Waals surface area (Å²) in [5.74, 6) is -0.317. The first kappa shape index (κ1) is 19.0. The number of amides is 1. The number of aromatic nitrogens is 4. The summed E-state index contributed by atoms with van der Waals surface area (Å²) in [5.41, 5.74) is 1.99. The predicted octanol–water partition coefficient (Wildman–Crippen LogP) is 2.78. The van der Waals surface area contributed by atoms with E-state index in [1.54, 1.807) is 18.7 Å². The van der Waals surface area contributed by atoms with Crippen molar-refractivity contribution < 1.29 is 18.0 Å². The number of rotatable bonds is 4. The van der Waals surface area contributed by atoms with E-state index in [4.69, 9.17) is 0 Å². The molecule has 2 aromatic heterocycles. The third-order valence-electron chi connectivity index (χ3n) is 4.37. The van der Waals surface area contributed by atoms with Gasteiger partial charge in [-0.2, -0.15) is 23.4 Å². The maximum atomic E-state index is 12.8. The summed E-state index contributed by atoms with van der Waals surface area (Å²) in [6, 6.07) is 0.109. The number of halogens is 3. The number of hydrogen-bond acceptors (Lipinski definition) is 3. The molecule has 138 valence electrons. The van der Waals surface area contributed by atoms with E-state index in [-0.39, 0.29) is 11.6 Å². The molecule has 0 N–H and O–H groups in total. The van der Waals surface area contributed by atoms with Crippen LogP contribution in [0.1, 0.15) is 41.3 Å². The van der Waals surface area contributed by atoms with Gasteiger partial charge in [0.05, 0.1) is 5.69 Å². The van der Waals surface area contributed by atoms with Gasteiger partial charge >= 0.3 is 6.18 Å². The van der Waals surface area contributed by atoms with Crippen molar-refractivity contribution >= 4 is 5.91 Å². The minimum absolute atomic E-state index is 0.287. The summed E-state index contributed by atoms with van der Waals surface area (Å²) in [6.07, 6.45) is -4.53. The average Bonchev–Trinajstić information content (AvgIpc) is 3.01. The molecule has 0 fully saturated rings. The Bertz CT molecular complexity index is 791. The van der Waals surface area contributed by atoms with Gasteiger partial charge in [0.1, 0.15) is 6.04 Å². The molecule has 0 saturated heterocycles. The standard InChI is InChI=1S/C16H22F3N5O/c1-9-7-14(16(17,18)19)21-24(9)12(4)15(25)22(5)8-13-10(2)20-23(6)11(13)3/h7,12H,8H2,1-6H3/t12-/m0/s1. The third kappa shape index (κ3) is 3.69. The molecular weight excluding hydrogens is 335 g/mol. The van der Waals surface area contributed by atoms with E-state index in [0.717, 1.165) is 27.7 Å². The second-order valence-corrected chi connectivity index (χ2v) is 6.26. The highest BCUT2D eigenvalue weighted by molar-refractivity contribution is 5.79. The van der Waals surface area contributed by atoms with Crippen LogP contribution in [0.4, 0.5) is 13.2 Å². The highest BCUT2D eigenvalue weighted by Crippen LogP contribution is 2.29. The second kappa shape index (κ2) is 6.53. The van der Waals surface area contributed by atoms with E-state index in [0.29, 0.717) is 6.54 Å². The van der Waals surface area contributed by atoms with Gasteiger partial charge in [0.15, 0.2) is 5.69 Å². The number of nitrogens with zero attached hydrogens (tertiary/aromatic N) is 5. The summed E-state index contributed by atoms with van der Waals surface area (Å²) < 4.78 is 41.3. The minimum atomic E-state index is -4.53. The fourth-order valence-corrected chi connectivity index (χ4v) is 2.80. The monoisotopic (exact) mass is 357 g/mol. The molecule has 0 spiro atoms. The first-order valence-corrected chi connectivity index (χ1v) is 7.80. The van der Waals surface area contributed by atoms with Crippen molar-refractivity contribution in [3.8, 4) is 0 Å². The molecule has 2 heterocycles. The van der Waals surface area contributed by atoms with Crippen LogP contribution in [-0.4, -0.2) is 37.4 Å². The Morgan fingerprint density at radius 1 is 1.28 bits per heavy atom. The van der Waals surface area contributed by atoms with Crippen LogP contribution in [0.15, 0.2) is 6.07 Å². The lowest BCUT2D eigenvalue weighted by Gasteiger charge is -2.22. The number of carbonyl (C=O) groups is 1. The number of alkyl halides is 3. The molecule has 0 aliphatic carbocycles.